The molecule has 1 aromatic carbocycles. The molecule has 3 aromatic rings. The van der Waals surface area contributed by atoms with E-state index in [0.29, 0.717) is 11.5 Å². The van der Waals surface area contributed by atoms with E-state index in [1.54, 1.807) is 6.07 Å². The van der Waals surface area contributed by atoms with Crippen molar-refractivity contribution in [1.29, 1.82) is 0 Å². The van der Waals surface area contributed by atoms with Crippen LogP contribution in [0.4, 0.5) is 5.88 Å². The largest absolute Gasteiger partial charge is 0.439 e. The van der Waals surface area contributed by atoms with E-state index in [1.165, 1.54) is 0 Å². The van der Waals surface area contributed by atoms with Crippen molar-refractivity contribution in [2.24, 2.45) is 0 Å². The molecule has 0 atom stereocenters. The summed E-state index contributed by atoms with van der Waals surface area (Å²) in [4.78, 5) is 21.4. The standard InChI is InChI=1S/C10H6N2O3/c13-9-10(14)12(9)11-8-5-6-3-1-2-4-7(6)15-8/h1-5,11H. The van der Waals surface area contributed by atoms with E-state index in [1.807, 2.05) is 24.3 Å². The lowest BCUT2D eigenvalue weighted by Crippen LogP contribution is -2.06. The lowest BCUT2D eigenvalue weighted by molar-refractivity contribution is 0.621. The van der Waals surface area contributed by atoms with Crippen molar-refractivity contribution < 1.29 is 4.42 Å². The minimum atomic E-state index is -0.546. The SMILES string of the molecule is O=c1c(=O)n1Nc1cc2ccccc2o1. The molecule has 0 aliphatic carbocycles. The van der Waals surface area contributed by atoms with Gasteiger partial charge in [0.2, 0.25) is 5.88 Å². The molecular formula is C10H6N2O3. The Labute approximate surface area is 83.2 Å². The quantitative estimate of drug-likeness (QED) is 0.621. The highest BCUT2D eigenvalue weighted by atomic mass is 16.4. The number of para-hydroxylation sites is 1. The van der Waals surface area contributed by atoms with Gasteiger partial charge < -0.3 is 4.42 Å². The molecule has 2 aromatic heterocycles. The molecule has 0 aliphatic heterocycles. The van der Waals surface area contributed by atoms with Crippen LogP contribution in [-0.2, 0) is 0 Å². The first-order valence-corrected chi connectivity index (χ1v) is 4.39. The van der Waals surface area contributed by atoms with Crippen molar-refractivity contribution in [1.82, 2.24) is 4.68 Å². The highest BCUT2D eigenvalue weighted by Gasteiger charge is 2.17. The number of nitrogens with zero attached hydrogens (tertiary/aromatic N) is 1. The number of hydrogen-bond donors (Lipinski definition) is 1. The fourth-order valence-corrected chi connectivity index (χ4v) is 1.38. The fourth-order valence-electron chi connectivity index (χ4n) is 1.38. The van der Waals surface area contributed by atoms with Gasteiger partial charge in [-0.25, -0.2) is 0 Å². The second-order valence-electron chi connectivity index (χ2n) is 3.21. The van der Waals surface area contributed by atoms with Crippen LogP contribution < -0.4 is 16.5 Å². The summed E-state index contributed by atoms with van der Waals surface area (Å²) in [7, 11) is 0. The molecule has 0 fully saturated rings. The molecule has 0 spiro atoms. The van der Waals surface area contributed by atoms with Crippen molar-refractivity contribution in [3.8, 4) is 0 Å². The van der Waals surface area contributed by atoms with E-state index in [4.69, 9.17) is 4.42 Å². The molecule has 0 aliphatic rings. The smallest absolute Gasteiger partial charge is 0.340 e. The minimum Gasteiger partial charge on any atom is -0.439 e. The lowest BCUT2D eigenvalue weighted by Gasteiger charge is -1.91. The van der Waals surface area contributed by atoms with Crippen molar-refractivity contribution in [3.05, 3.63) is 51.0 Å². The van der Waals surface area contributed by atoms with Crippen molar-refractivity contribution >= 4 is 16.9 Å². The summed E-state index contributed by atoms with van der Waals surface area (Å²) in [5.41, 5.74) is 2.19. The molecule has 0 amide bonds. The Kier molecular flexibility index (Phi) is 1.39. The highest BCUT2D eigenvalue weighted by Crippen LogP contribution is 2.22. The van der Waals surface area contributed by atoms with Gasteiger partial charge in [-0.2, -0.15) is 4.68 Å². The van der Waals surface area contributed by atoms with E-state index in [-0.39, 0.29) is 0 Å². The van der Waals surface area contributed by atoms with Crippen LogP contribution in [0.3, 0.4) is 0 Å². The molecule has 3 rings (SSSR count). The molecule has 5 heteroatoms. The van der Waals surface area contributed by atoms with Crippen LogP contribution in [-0.4, -0.2) is 4.68 Å². The first kappa shape index (κ1) is 8.05. The Hall–Kier alpha value is -2.30. The van der Waals surface area contributed by atoms with E-state index >= 15 is 0 Å². The fraction of sp³-hybridized carbons (Fsp3) is 0. The number of benzene rings is 1. The summed E-state index contributed by atoms with van der Waals surface area (Å²) in [6, 6.07) is 9.16. The topological polar surface area (TPSA) is 64.2 Å². The minimum absolute atomic E-state index is 0.385. The monoisotopic (exact) mass is 202 g/mol. The van der Waals surface area contributed by atoms with Gasteiger partial charge >= 0.3 is 11.1 Å². The zero-order valence-corrected chi connectivity index (χ0v) is 7.56. The Bertz CT molecular complexity index is 642. The molecule has 0 radical (unpaired) electrons. The molecule has 15 heavy (non-hydrogen) atoms. The van der Waals surface area contributed by atoms with Gasteiger partial charge in [-0.05, 0) is 6.07 Å². The molecule has 1 N–H and O–H groups in total. The molecule has 5 nitrogen and oxygen atoms in total. The molecule has 0 saturated heterocycles. The highest BCUT2D eigenvalue weighted by molar-refractivity contribution is 5.80. The van der Waals surface area contributed by atoms with Gasteiger partial charge in [0.1, 0.15) is 5.58 Å². The molecule has 0 saturated carbocycles. The number of furan rings is 1. The lowest BCUT2D eigenvalue weighted by atomic mass is 10.3. The molecule has 2 heterocycles. The van der Waals surface area contributed by atoms with Crippen LogP contribution in [0, 0.1) is 0 Å². The average molecular weight is 202 g/mol. The summed E-state index contributed by atoms with van der Waals surface area (Å²) in [5.74, 6) is 0.385. The maximum Gasteiger partial charge on any atom is 0.340 e. The van der Waals surface area contributed by atoms with E-state index in [0.717, 1.165) is 10.1 Å². The van der Waals surface area contributed by atoms with Crippen molar-refractivity contribution in [2.45, 2.75) is 0 Å². The van der Waals surface area contributed by atoms with Gasteiger partial charge in [0.15, 0.2) is 0 Å². The molecular weight excluding hydrogens is 196 g/mol. The zero-order chi connectivity index (χ0) is 10.4. The van der Waals surface area contributed by atoms with Gasteiger partial charge in [0.25, 0.3) is 0 Å². The van der Waals surface area contributed by atoms with Crippen LogP contribution in [0.5, 0.6) is 0 Å². The van der Waals surface area contributed by atoms with Crippen LogP contribution in [0.2, 0.25) is 0 Å². The number of aromatic nitrogens is 1. The summed E-state index contributed by atoms with van der Waals surface area (Å²) in [6.07, 6.45) is 0. The Morgan fingerprint density at radius 3 is 2.53 bits per heavy atom. The Morgan fingerprint density at radius 2 is 1.87 bits per heavy atom. The number of nitrogens with one attached hydrogen (secondary N) is 1. The van der Waals surface area contributed by atoms with Gasteiger partial charge in [-0.15, -0.1) is 0 Å². The third kappa shape index (κ3) is 1.17. The predicted octanol–water partition coefficient (Wildman–Crippen LogP) is 0.705. The summed E-state index contributed by atoms with van der Waals surface area (Å²) >= 11 is 0. The zero-order valence-electron chi connectivity index (χ0n) is 7.56. The van der Waals surface area contributed by atoms with Crippen LogP contribution in [0.15, 0.2) is 44.3 Å². The van der Waals surface area contributed by atoms with Gasteiger partial charge in [0, 0.05) is 11.5 Å². The van der Waals surface area contributed by atoms with Crippen LogP contribution in [0.25, 0.3) is 11.0 Å². The summed E-state index contributed by atoms with van der Waals surface area (Å²) in [5, 5.41) is 0.918. The second kappa shape index (κ2) is 2.60. The normalized spacial score (nSPS) is 11.2. The second-order valence-corrected chi connectivity index (χ2v) is 3.21. The van der Waals surface area contributed by atoms with Crippen molar-refractivity contribution in [3.63, 3.8) is 0 Å². The molecule has 0 unspecified atom stereocenters. The first-order chi connectivity index (χ1) is 7.25. The number of hydrogen-bond acceptors (Lipinski definition) is 4. The van der Waals surface area contributed by atoms with E-state index in [2.05, 4.69) is 5.43 Å². The third-order valence-electron chi connectivity index (χ3n) is 2.19. The molecule has 0 bridgehead atoms. The van der Waals surface area contributed by atoms with Crippen LogP contribution in [0.1, 0.15) is 0 Å². The van der Waals surface area contributed by atoms with Gasteiger partial charge in [-0.1, -0.05) is 18.2 Å². The van der Waals surface area contributed by atoms with Crippen molar-refractivity contribution in [2.75, 3.05) is 5.43 Å². The predicted molar refractivity (Wildman–Crippen MR) is 54.6 cm³/mol. The van der Waals surface area contributed by atoms with E-state index < -0.39 is 11.1 Å². The van der Waals surface area contributed by atoms with Gasteiger partial charge in [0.05, 0.1) is 0 Å². The van der Waals surface area contributed by atoms with E-state index in [9.17, 15) is 9.59 Å². The Balaban J connectivity index is 2.02. The maximum atomic E-state index is 10.7. The summed E-state index contributed by atoms with van der Waals surface area (Å²) in [6.45, 7) is 0. The maximum absolute atomic E-state index is 10.7. The van der Waals surface area contributed by atoms with Crippen LogP contribution >= 0.6 is 0 Å². The van der Waals surface area contributed by atoms with Gasteiger partial charge in [-0.3, -0.25) is 15.0 Å². The molecule has 74 valence electrons. The number of anilines is 1. The Morgan fingerprint density at radius 1 is 1.13 bits per heavy atom. The average Bonchev–Trinajstić information content (AvgIpc) is 2.68. The third-order valence-corrected chi connectivity index (χ3v) is 2.19. The summed E-state index contributed by atoms with van der Waals surface area (Å²) < 4.78 is 6.26. The first-order valence-electron chi connectivity index (χ1n) is 4.39. The number of fused-ring (bicyclic) bond motifs is 1. The number of rotatable bonds is 2.